The molecule has 0 saturated heterocycles. The Morgan fingerprint density at radius 1 is 1.33 bits per heavy atom. The van der Waals surface area contributed by atoms with Gasteiger partial charge in [0.2, 0.25) is 0 Å². The van der Waals surface area contributed by atoms with Crippen molar-refractivity contribution in [3.63, 3.8) is 0 Å². The molecule has 2 rings (SSSR count). The van der Waals surface area contributed by atoms with Gasteiger partial charge in [0, 0.05) is 3.57 Å². The van der Waals surface area contributed by atoms with Gasteiger partial charge in [-0.05, 0) is 47.1 Å². The zero-order valence-electron chi connectivity index (χ0n) is 6.59. The third-order valence-electron chi connectivity index (χ3n) is 2.42. The maximum Gasteiger partial charge on any atom is 0.130 e. The minimum absolute atomic E-state index is 0.113. The summed E-state index contributed by atoms with van der Waals surface area (Å²) in [4.78, 5) is 10.8. The lowest BCUT2D eigenvalue weighted by Gasteiger charge is -2.08. The van der Waals surface area contributed by atoms with E-state index >= 15 is 0 Å². The van der Waals surface area contributed by atoms with Crippen molar-refractivity contribution in [3.05, 3.63) is 33.4 Å². The molecule has 1 fully saturated rings. The smallest absolute Gasteiger partial charge is 0.130 e. The summed E-state index contributed by atoms with van der Waals surface area (Å²) in [6, 6.07) is 8.12. The van der Waals surface area contributed by atoms with Gasteiger partial charge in [0.15, 0.2) is 0 Å². The van der Waals surface area contributed by atoms with Crippen LogP contribution in [0.25, 0.3) is 0 Å². The van der Waals surface area contributed by atoms with Gasteiger partial charge in [-0.2, -0.15) is 0 Å². The Labute approximate surface area is 85.3 Å². The molecule has 1 aromatic rings. The van der Waals surface area contributed by atoms with Crippen molar-refractivity contribution in [1.29, 1.82) is 0 Å². The van der Waals surface area contributed by atoms with E-state index in [1.165, 1.54) is 9.13 Å². The fourth-order valence-corrected chi connectivity index (χ4v) is 2.37. The second-order valence-electron chi connectivity index (χ2n) is 3.25. The summed E-state index contributed by atoms with van der Waals surface area (Å²) >= 11 is 2.29. The van der Waals surface area contributed by atoms with Gasteiger partial charge in [-0.15, -0.1) is 0 Å². The number of hydrogen-bond donors (Lipinski definition) is 0. The van der Waals surface area contributed by atoms with E-state index in [1.807, 2.05) is 12.1 Å². The molecule has 1 saturated carbocycles. The van der Waals surface area contributed by atoms with Crippen LogP contribution in [-0.2, 0) is 10.2 Å². The van der Waals surface area contributed by atoms with Crippen LogP contribution in [-0.4, -0.2) is 6.29 Å². The molecule has 0 atom stereocenters. The molecule has 12 heavy (non-hydrogen) atoms. The average Bonchev–Trinajstić information content (AvgIpc) is 2.86. The van der Waals surface area contributed by atoms with Gasteiger partial charge in [0.1, 0.15) is 6.29 Å². The van der Waals surface area contributed by atoms with Gasteiger partial charge in [0.05, 0.1) is 5.41 Å². The quantitative estimate of drug-likeness (QED) is 0.597. The van der Waals surface area contributed by atoms with E-state index in [0.29, 0.717) is 0 Å². The monoisotopic (exact) mass is 272 g/mol. The van der Waals surface area contributed by atoms with Crippen LogP contribution in [0.15, 0.2) is 24.3 Å². The van der Waals surface area contributed by atoms with Crippen LogP contribution in [0.2, 0.25) is 0 Å². The van der Waals surface area contributed by atoms with E-state index < -0.39 is 0 Å². The summed E-state index contributed by atoms with van der Waals surface area (Å²) in [5, 5.41) is 0. The van der Waals surface area contributed by atoms with Gasteiger partial charge in [0.25, 0.3) is 0 Å². The van der Waals surface area contributed by atoms with Crippen molar-refractivity contribution >= 4 is 28.9 Å². The minimum atomic E-state index is -0.113. The first-order chi connectivity index (χ1) is 5.78. The summed E-state index contributed by atoms with van der Waals surface area (Å²) in [7, 11) is 0. The number of halogens is 1. The summed E-state index contributed by atoms with van der Waals surface area (Å²) < 4.78 is 1.21. The van der Waals surface area contributed by atoms with E-state index in [-0.39, 0.29) is 5.41 Å². The van der Waals surface area contributed by atoms with Gasteiger partial charge in [-0.3, -0.25) is 0 Å². The maximum atomic E-state index is 10.8. The van der Waals surface area contributed by atoms with Crippen molar-refractivity contribution < 1.29 is 4.79 Å². The Morgan fingerprint density at radius 2 is 2.00 bits per heavy atom. The molecule has 1 aromatic carbocycles. The van der Waals surface area contributed by atoms with Crippen LogP contribution in [0.4, 0.5) is 0 Å². The molecule has 0 amide bonds. The summed E-state index contributed by atoms with van der Waals surface area (Å²) in [5.41, 5.74) is 1.10. The first-order valence-electron chi connectivity index (χ1n) is 4.00. The lowest BCUT2D eigenvalue weighted by molar-refractivity contribution is -0.109. The lowest BCUT2D eigenvalue weighted by atomic mass is 9.98. The Morgan fingerprint density at radius 3 is 2.50 bits per heavy atom. The maximum absolute atomic E-state index is 10.8. The highest BCUT2D eigenvalue weighted by molar-refractivity contribution is 14.1. The third-order valence-corrected chi connectivity index (χ3v) is 3.37. The van der Waals surface area contributed by atoms with Crippen LogP contribution >= 0.6 is 22.6 Å². The molecule has 0 heterocycles. The van der Waals surface area contributed by atoms with Crippen LogP contribution in [0, 0.1) is 3.57 Å². The van der Waals surface area contributed by atoms with Gasteiger partial charge in [-0.1, -0.05) is 18.2 Å². The van der Waals surface area contributed by atoms with Crippen LogP contribution in [0.5, 0.6) is 0 Å². The molecule has 0 radical (unpaired) electrons. The van der Waals surface area contributed by atoms with Gasteiger partial charge in [-0.25, -0.2) is 0 Å². The molecule has 0 aromatic heterocycles. The Hall–Kier alpha value is -0.380. The number of benzene rings is 1. The number of carbonyl (C=O) groups is 1. The SMILES string of the molecule is O=CC1(c2ccccc2I)CC1. The zero-order chi connectivity index (χ0) is 8.60. The van der Waals surface area contributed by atoms with E-state index in [0.717, 1.165) is 19.1 Å². The van der Waals surface area contributed by atoms with Gasteiger partial charge < -0.3 is 4.79 Å². The lowest BCUT2D eigenvalue weighted by Crippen LogP contribution is -2.09. The molecule has 1 nitrogen and oxygen atoms in total. The first kappa shape index (κ1) is 8.23. The normalized spacial score (nSPS) is 18.8. The van der Waals surface area contributed by atoms with E-state index in [9.17, 15) is 4.79 Å². The van der Waals surface area contributed by atoms with E-state index in [2.05, 4.69) is 34.7 Å². The summed E-state index contributed by atoms with van der Waals surface area (Å²) in [5.74, 6) is 0. The number of aldehydes is 1. The molecule has 2 heteroatoms. The first-order valence-corrected chi connectivity index (χ1v) is 5.08. The van der Waals surface area contributed by atoms with Crippen LogP contribution < -0.4 is 0 Å². The molecular weight excluding hydrogens is 263 g/mol. The number of rotatable bonds is 2. The molecular formula is C10H9IO. The van der Waals surface area contributed by atoms with Crippen molar-refractivity contribution in [1.82, 2.24) is 0 Å². The molecule has 0 spiro atoms. The van der Waals surface area contributed by atoms with Gasteiger partial charge >= 0.3 is 0 Å². The van der Waals surface area contributed by atoms with Crippen LogP contribution in [0.1, 0.15) is 18.4 Å². The predicted octanol–water partition coefficient (Wildman–Crippen LogP) is 2.52. The highest BCUT2D eigenvalue weighted by atomic mass is 127. The molecule has 1 aliphatic rings. The molecule has 0 N–H and O–H groups in total. The van der Waals surface area contributed by atoms with E-state index in [1.54, 1.807) is 0 Å². The number of hydrogen-bond acceptors (Lipinski definition) is 1. The highest BCUT2D eigenvalue weighted by Gasteiger charge is 2.45. The van der Waals surface area contributed by atoms with Crippen molar-refractivity contribution in [2.75, 3.05) is 0 Å². The zero-order valence-corrected chi connectivity index (χ0v) is 8.74. The Balaban J connectivity index is 2.46. The van der Waals surface area contributed by atoms with Crippen LogP contribution in [0.3, 0.4) is 0 Å². The minimum Gasteiger partial charge on any atom is -0.302 e. The molecule has 0 unspecified atom stereocenters. The second kappa shape index (κ2) is 2.83. The van der Waals surface area contributed by atoms with Crippen molar-refractivity contribution in [2.45, 2.75) is 18.3 Å². The molecule has 1 aliphatic carbocycles. The average molecular weight is 272 g/mol. The topological polar surface area (TPSA) is 17.1 Å². The Bertz CT molecular complexity index is 315. The Kier molecular flexibility index (Phi) is 1.94. The van der Waals surface area contributed by atoms with E-state index in [4.69, 9.17) is 0 Å². The molecule has 0 bridgehead atoms. The standard InChI is InChI=1S/C10H9IO/c11-9-4-2-1-3-8(9)10(7-12)5-6-10/h1-4,7H,5-6H2. The predicted molar refractivity (Wildman–Crippen MR) is 56.1 cm³/mol. The molecule has 62 valence electrons. The van der Waals surface area contributed by atoms with Crippen molar-refractivity contribution in [2.24, 2.45) is 0 Å². The van der Waals surface area contributed by atoms with Crippen molar-refractivity contribution in [3.8, 4) is 0 Å². The number of carbonyl (C=O) groups excluding carboxylic acids is 1. The second-order valence-corrected chi connectivity index (χ2v) is 4.42. The molecule has 0 aliphatic heterocycles. The third kappa shape index (κ3) is 1.18. The largest absolute Gasteiger partial charge is 0.302 e. The summed E-state index contributed by atoms with van der Waals surface area (Å²) in [6.07, 6.45) is 3.15. The fraction of sp³-hybridized carbons (Fsp3) is 0.300. The fourth-order valence-electron chi connectivity index (χ4n) is 1.45. The highest BCUT2D eigenvalue weighted by Crippen LogP contribution is 2.47. The summed E-state index contributed by atoms with van der Waals surface area (Å²) in [6.45, 7) is 0.